The molecule has 1 aliphatic heterocycles. The van der Waals surface area contributed by atoms with Crippen molar-refractivity contribution in [3.8, 4) is 0 Å². The molecule has 20 heavy (non-hydrogen) atoms. The quantitative estimate of drug-likeness (QED) is 0.780. The molecule has 0 spiro atoms. The van der Waals surface area contributed by atoms with Crippen LogP contribution in [0.25, 0.3) is 0 Å². The molecule has 0 bridgehead atoms. The van der Waals surface area contributed by atoms with Crippen molar-refractivity contribution in [1.82, 2.24) is 14.8 Å². The maximum absolute atomic E-state index is 12.3. The number of carbonyl (C=O) groups is 2. The predicted molar refractivity (Wildman–Crippen MR) is 76.6 cm³/mol. The Morgan fingerprint density at radius 1 is 1.30 bits per heavy atom. The van der Waals surface area contributed by atoms with Crippen molar-refractivity contribution >= 4 is 23.4 Å². The van der Waals surface area contributed by atoms with Gasteiger partial charge in [0.1, 0.15) is 10.8 Å². The van der Waals surface area contributed by atoms with Crippen molar-refractivity contribution in [2.24, 2.45) is 5.92 Å². The molecule has 0 unspecified atom stereocenters. The van der Waals surface area contributed by atoms with Gasteiger partial charge in [-0.15, -0.1) is 0 Å². The van der Waals surface area contributed by atoms with Gasteiger partial charge in [0.15, 0.2) is 0 Å². The lowest BCUT2D eigenvalue weighted by Gasteiger charge is -2.32. The van der Waals surface area contributed by atoms with Crippen LogP contribution >= 0.6 is 11.6 Å². The van der Waals surface area contributed by atoms with Crippen LogP contribution in [0.1, 0.15) is 23.3 Å². The second-order valence-corrected chi connectivity index (χ2v) is 5.53. The van der Waals surface area contributed by atoms with Gasteiger partial charge in [0.05, 0.1) is 0 Å². The van der Waals surface area contributed by atoms with E-state index in [1.165, 1.54) is 0 Å². The van der Waals surface area contributed by atoms with E-state index in [2.05, 4.69) is 4.98 Å². The number of pyridine rings is 1. The van der Waals surface area contributed by atoms with Crippen LogP contribution in [-0.4, -0.2) is 53.8 Å². The number of nitrogens with zero attached hydrogens (tertiary/aromatic N) is 3. The van der Waals surface area contributed by atoms with Crippen LogP contribution in [-0.2, 0) is 4.79 Å². The summed E-state index contributed by atoms with van der Waals surface area (Å²) >= 11 is 5.80. The molecule has 1 aliphatic rings. The Kier molecular flexibility index (Phi) is 4.60. The number of hydrogen-bond acceptors (Lipinski definition) is 3. The smallest absolute Gasteiger partial charge is 0.272 e. The highest BCUT2D eigenvalue weighted by atomic mass is 35.5. The first kappa shape index (κ1) is 14.8. The average molecular weight is 296 g/mol. The van der Waals surface area contributed by atoms with E-state index in [0.717, 1.165) is 0 Å². The lowest BCUT2D eigenvalue weighted by molar-refractivity contribution is -0.134. The summed E-state index contributed by atoms with van der Waals surface area (Å²) in [5, 5.41) is 0.313. The van der Waals surface area contributed by atoms with Crippen molar-refractivity contribution in [3.63, 3.8) is 0 Å². The zero-order chi connectivity index (χ0) is 14.7. The normalized spacial score (nSPS) is 16.1. The molecule has 1 fully saturated rings. The number of hydrogen-bond donors (Lipinski definition) is 0. The fourth-order valence-electron chi connectivity index (χ4n) is 2.38. The lowest BCUT2D eigenvalue weighted by atomic mass is 9.95. The highest BCUT2D eigenvalue weighted by Crippen LogP contribution is 2.20. The molecule has 1 aromatic rings. The van der Waals surface area contributed by atoms with Gasteiger partial charge in [-0.25, -0.2) is 4.98 Å². The summed E-state index contributed by atoms with van der Waals surface area (Å²) in [6.07, 6.45) is 1.40. The average Bonchev–Trinajstić information content (AvgIpc) is 2.46. The number of rotatable bonds is 2. The van der Waals surface area contributed by atoms with Gasteiger partial charge in [-0.3, -0.25) is 9.59 Å². The van der Waals surface area contributed by atoms with Gasteiger partial charge in [0.2, 0.25) is 5.91 Å². The molecule has 0 aromatic carbocycles. The third-order valence-corrected chi connectivity index (χ3v) is 3.72. The summed E-state index contributed by atoms with van der Waals surface area (Å²) in [4.78, 5) is 31.5. The van der Waals surface area contributed by atoms with E-state index in [1.54, 1.807) is 42.1 Å². The molecule has 2 heterocycles. The molecular weight excluding hydrogens is 278 g/mol. The molecule has 2 amide bonds. The molecule has 6 heteroatoms. The minimum absolute atomic E-state index is 0.0152. The zero-order valence-corrected chi connectivity index (χ0v) is 12.4. The fraction of sp³-hybridized carbons (Fsp3) is 0.500. The van der Waals surface area contributed by atoms with Gasteiger partial charge in [-0.1, -0.05) is 17.7 Å². The van der Waals surface area contributed by atoms with E-state index in [9.17, 15) is 9.59 Å². The lowest BCUT2D eigenvalue weighted by Crippen LogP contribution is -2.43. The molecule has 108 valence electrons. The van der Waals surface area contributed by atoms with Crippen molar-refractivity contribution in [1.29, 1.82) is 0 Å². The second-order valence-electron chi connectivity index (χ2n) is 5.14. The Morgan fingerprint density at radius 3 is 2.50 bits per heavy atom. The van der Waals surface area contributed by atoms with Crippen LogP contribution in [0.15, 0.2) is 18.2 Å². The van der Waals surface area contributed by atoms with E-state index in [1.807, 2.05) is 0 Å². The fourth-order valence-corrected chi connectivity index (χ4v) is 2.55. The Balaban J connectivity index is 1.97. The van der Waals surface area contributed by atoms with Crippen molar-refractivity contribution in [3.05, 3.63) is 29.0 Å². The number of amides is 2. The number of halogens is 1. The summed E-state index contributed by atoms with van der Waals surface area (Å²) in [6.45, 7) is 1.16. The summed E-state index contributed by atoms with van der Waals surface area (Å²) in [7, 11) is 3.52. The first-order valence-electron chi connectivity index (χ1n) is 6.62. The summed E-state index contributed by atoms with van der Waals surface area (Å²) < 4.78 is 0. The summed E-state index contributed by atoms with van der Waals surface area (Å²) in [5.74, 6) is 0.0302. The third kappa shape index (κ3) is 3.28. The van der Waals surface area contributed by atoms with E-state index >= 15 is 0 Å². The largest absolute Gasteiger partial charge is 0.349 e. The van der Waals surface area contributed by atoms with Crippen molar-refractivity contribution in [2.75, 3.05) is 27.2 Å². The van der Waals surface area contributed by atoms with Crippen LogP contribution in [0.4, 0.5) is 0 Å². The maximum atomic E-state index is 12.3. The van der Waals surface area contributed by atoms with Crippen LogP contribution in [0.5, 0.6) is 0 Å². The number of likely N-dealkylation sites (tertiary alicyclic amines) is 1. The van der Waals surface area contributed by atoms with Crippen molar-refractivity contribution in [2.45, 2.75) is 12.8 Å². The Hall–Kier alpha value is -1.62. The first-order valence-corrected chi connectivity index (χ1v) is 7.00. The minimum atomic E-state index is -0.122. The van der Waals surface area contributed by atoms with Crippen LogP contribution in [0, 0.1) is 5.92 Å². The van der Waals surface area contributed by atoms with Gasteiger partial charge in [0, 0.05) is 33.1 Å². The first-order chi connectivity index (χ1) is 9.49. The van der Waals surface area contributed by atoms with Gasteiger partial charge >= 0.3 is 0 Å². The maximum Gasteiger partial charge on any atom is 0.272 e. The van der Waals surface area contributed by atoms with Gasteiger partial charge < -0.3 is 9.80 Å². The van der Waals surface area contributed by atoms with Gasteiger partial charge in [-0.05, 0) is 25.0 Å². The highest BCUT2D eigenvalue weighted by Gasteiger charge is 2.28. The summed E-state index contributed by atoms with van der Waals surface area (Å²) in [5.41, 5.74) is 0.356. The Labute approximate surface area is 123 Å². The molecule has 1 aromatic heterocycles. The standard InChI is InChI=1S/C14H18ClN3O2/c1-17(2)13(19)10-6-8-18(9-7-10)14(20)11-4-3-5-12(15)16-11/h3-5,10H,6-9H2,1-2H3. The van der Waals surface area contributed by atoms with E-state index in [-0.39, 0.29) is 17.7 Å². The minimum Gasteiger partial charge on any atom is -0.349 e. The van der Waals surface area contributed by atoms with E-state index in [0.29, 0.717) is 36.8 Å². The van der Waals surface area contributed by atoms with E-state index < -0.39 is 0 Å². The molecule has 0 aliphatic carbocycles. The van der Waals surface area contributed by atoms with Gasteiger partial charge in [-0.2, -0.15) is 0 Å². The highest BCUT2D eigenvalue weighted by molar-refractivity contribution is 6.29. The van der Waals surface area contributed by atoms with Gasteiger partial charge in [0.25, 0.3) is 5.91 Å². The topological polar surface area (TPSA) is 53.5 Å². The van der Waals surface area contributed by atoms with Crippen LogP contribution < -0.4 is 0 Å². The molecular formula is C14H18ClN3O2. The number of carbonyl (C=O) groups excluding carboxylic acids is 2. The molecule has 0 saturated carbocycles. The monoisotopic (exact) mass is 295 g/mol. The second kappa shape index (κ2) is 6.22. The predicted octanol–water partition coefficient (Wildman–Crippen LogP) is 1.68. The van der Waals surface area contributed by atoms with E-state index in [4.69, 9.17) is 11.6 Å². The molecule has 1 saturated heterocycles. The molecule has 5 nitrogen and oxygen atoms in total. The molecule has 2 rings (SSSR count). The zero-order valence-electron chi connectivity index (χ0n) is 11.7. The SMILES string of the molecule is CN(C)C(=O)C1CCN(C(=O)c2cccc(Cl)n2)CC1. The molecule has 0 N–H and O–H groups in total. The number of piperidine rings is 1. The van der Waals surface area contributed by atoms with Crippen LogP contribution in [0.2, 0.25) is 5.15 Å². The van der Waals surface area contributed by atoms with Crippen LogP contribution in [0.3, 0.4) is 0 Å². The number of aromatic nitrogens is 1. The van der Waals surface area contributed by atoms with Crippen molar-refractivity contribution < 1.29 is 9.59 Å². The molecule has 0 atom stereocenters. The Bertz CT molecular complexity index is 511. The molecule has 0 radical (unpaired) electrons. The Morgan fingerprint density at radius 2 is 1.95 bits per heavy atom. The third-order valence-electron chi connectivity index (χ3n) is 3.51. The summed E-state index contributed by atoms with van der Waals surface area (Å²) in [6, 6.07) is 5.01.